The molecule has 1 aliphatic heterocycles. The maximum absolute atomic E-state index is 13.2. The van der Waals surface area contributed by atoms with Crippen molar-refractivity contribution >= 4 is 5.97 Å². The fraction of sp³-hybridized carbons (Fsp3) is 0.227. The molecule has 10 heteroatoms. The van der Waals surface area contributed by atoms with Crippen LogP contribution >= 0.6 is 0 Å². The molecular formula is C22H18F3N3O4. The standard InChI is InChI=1S/C22H18F3N3O4/c1-3-30-21(29)17-12(2)31-19(27)15(11-26)18(17)13-6-8-14(9-7-13)32-20-16(22(23,24)25)5-4-10-28-20/h4-10,18H,3,27H2,1-2H3. The predicted molar refractivity (Wildman–Crippen MR) is 106 cm³/mol. The average Bonchev–Trinajstić information content (AvgIpc) is 2.73. The predicted octanol–water partition coefficient (Wildman–Crippen LogP) is 4.54. The van der Waals surface area contributed by atoms with E-state index in [0.29, 0.717) is 5.56 Å². The number of carbonyl (C=O) groups is 1. The first-order chi connectivity index (χ1) is 15.2. The van der Waals surface area contributed by atoms with Gasteiger partial charge in [0, 0.05) is 6.20 Å². The highest BCUT2D eigenvalue weighted by molar-refractivity contribution is 5.92. The van der Waals surface area contributed by atoms with Crippen LogP contribution in [0.1, 0.15) is 30.9 Å². The van der Waals surface area contributed by atoms with E-state index in [-0.39, 0.29) is 35.1 Å². The normalized spacial score (nSPS) is 16.3. The molecule has 2 N–H and O–H groups in total. The van der Waals surface area contributed by atoms with Crippen molar-refractivity contribution in [1.82, 2.24) is 4.98 Å². The van der Waals surface area contributed by atoms with Gasteiger partial charge in [-0.2, -0.15) is 18.4 Å². The number of benzene rings is 1. The molecule has 0 saturated heterocycles. The van der Waals surface area contributed by atoms with E-state index in [1.54, 1.807) is 6.92 Å². The maximum Gasteiger partial charge on any atom is 0.421 e. The van der Waals surface area contributed by atoms with Crippen LogP contribution in [0.5, 0.6) is 11.6 Å². The average molecular weight is 445 g/mol. The van der Waals surface area contributed by atoms with E-state index in [0.717, 1.165) is 12.1 Å². The number of nitriles is 1. The van der Waals surface area contributed by atoms with Crippen LogP contribution in [0.25, 0.3) is 0 Å². The van der Waals surface area contributed by atoms with E-state index in [4.69, 9.17) is 19.9 Å². The first-order valence-corrected chi connectivity index (χ1v) is 9.42. The van der Waals surface area contributed by atoms with Gasteiger partial charge < -0.3 is 19.9 Å². The third kappa shape index (κ3) is 4.51. The summed E-state index contributed by atoms with van der Waals surface area (Å²) in [6.45, 7) is 3.28. The molecule has 1 atom stereocenters. The van der Waals surface area contributed by atoms with Crippen LogP contribution < -0.4 is 10.5 Å². The smallest absolute Gasteiger partial charge is 0.421 e. The lowest BCUT2D eigenvalue weighted by Gasteiger charge is -2.26. The Bertz CT molecular complexity index is 1130. The number of aromatic nitrogens is 1. The second kappa shape index (κ2) is 9.01. The van der Waals surface area contributed by atoms with Gasteiger partial charge in [0.1, 0.15) is 28.7 Å². The summed E-state index contributed by atoms with van der Waals surface area (Å²) in [5, 5.41) is 9.58. The van der Waals surface area contributed by atoms with E-state index >= 15 is 0 Å². The zero-order valence-corrected chi connectivity index (χ0v) is 17.1. The summed E-state index contributed by atoms with van der Waals surface area (Å²) in [6.07, 6.45) is -3.45. The molecule has 0 fully saturated rings. The van der Waals surface area contributed by atoms with Crippen molar-refractivity contribution in [2.75, 3.05) is 6.61 Å². The monoisotopic (exact) mass is 445 g/mol. The van der Waals surface area contributed by atoms with Crippen molar-refractivity contribution in [2.45, 2.75) is 25.9 Å². The highest BCUT2D eigenvalue weighted by Crippen LogP contribution is 2.41. The number of hydrogen-bond acceptors (Lipinski definition) is 7. The number of pyridine rings is 1. The SMILES string of the molecule is CCOC(=O)C1=C(C)OC(N)=C(C#N)C1c1ccc(Oc2ncccc2C(F)(F)F)cc1. The van der Waals surface area contributed by atoms with E-state index in [1.165, 1.54) is 37.4 Å². The lowest BCUT2D eigenvalue weighted by Crippen LogP contribution is -2.25. The lowest BCUT2D eigenvalue weighted by atomic mass is 9.83. The Morgan fingerprint density at radius 3 is 2.56 bits per heavy atom. The second-order valence-corrected chi connectivity index (χ2v) is 6.64. The minimum atomic E-state index is -4.63. The molecular weight excluding hydrogens is 427 g/mol. The van der Waals surface area contributed by atoms with Gasteiger partial charge in [0.25, 0.3) is 0 Å². The molecule has 2 aromatic rings. The van der Waals surface area contributed by atoms with Crippen molar-refractivity contribution in [2.24, 2.45) is 5.73 Å². The highest BCUT2D eigenvalue weighted by Gasteiger charge is 2.37. The van der Waals surface area contributed by atoms with Crippen LogP contribution in [0.4, 0.5) is 13.2 Å². The molecule has 0 spiro atoms. The Kier molecular flexibility index (Phi) is 6.39. The number of esters is 1. The molecule has 2 heterocycles. The Morgan fingerprint density at radius 2 is 1.97 bits per heavy atom. The molecule has 0 aliphatic carbocycles. The van der Waals surface area contributed by atoms with Gasteiger partial charge in [0.2, 0.25) is 11.8 Å². The number of nitrogens with zero attached hydrogens (tertiary/aromatic N) is 2. The molecule has 1 aliphatic rings. The van der Waals surface area contributed by atoms with Crippen molar-refractivity contribution in [1.29, 1.82) is 5.26 Å². The molecule has 1 aromatic heterocycles. The summed E-state index contributed by atoms with van der Waals surface area (Å²) in [6, 6.07) is 9.81. The first kappa shape index (κ1) is 22.7. The van der Waals surface area contributed by atoms with Crippen LogP contribution in [-0.2, 0) is 20.4 Å². The van der Waals surface area contributed by atoms with E-state index in [2.05, 4.69) is 4.98 Å². The minimum absolute atomic E-state index is 0.0106. The van der Waals surface area contributed by atoms with Crippen LogP contribution in [0.2, 0.25) is 0 Å². The minimum Gasteiger partial charge on any atom is -0.463 e. The lowest BCUT2D eigenvalue weighted by molar-refractivity contribution is -0.139. The first-order valence-electron chi connectivity index (χ1n) is 9.42. The molecule has 0 bridgehead atoms. The molecule has 7 nitrogen and oxygen atoms in total. The van der Waals surface area contributed by atoms with E-state index in [9.17, 15) is 23.2 Å². The van der Waals surface area contributed by atoms with Crippen molar-refractivity contribution < 1.29 is 32.2 Å². The van der Waals surface area contributed by atoms with E-state index < -0.39 is 29.5 Å². The Labute approximate surface area is 181 Å². The van der Waals surface area contributed by atoms with Gasteiger partial charge in [-0.3, -0.25) is 0 Å². The molecule has 0 radical (unpaired) electrons. The maximum atomic E-state index is 13.2. The number of allylic oxidation sites excluding steroid dienone is 2. The number of carbonyl (C=O) groups excluding carboxylic acids is 1. The summed E-state index contributed by atoms with van der Waals surface area (Å²) in [4.78, 5) is 16.2. The Balaban J connectivity index is 1.97. The molecule has 1 aromatic carbocycles. The number of nitrogens with two attached hydrogens (primary N) is 1. The fourth-order valence-corrected chi connectivity index (χ4v) is 3.22. The number of halogens is 3. The zero-order chi connectivity index (χ0) is 23.5. The zero-order valence-electron chi connectivity index (χ0n) is 17.1. The largest absolute Gasteiger partial charge is 0.463 e. The van der Waals surface area contributed by atoms with Crippen LogP contribution in [0.15, 0.2) is 65.4 Å². The molecule has 166 valence electrons. The highest BCUT2D eigenvalue weighted by atomic mass is 19.4. The van der Waals surface area contributed by atoms with Crippen LogP contribution in [0, 0.1) is 11.3 Å². The molecule has 0 amide bonds. The summed E-state index contributed by atoms with van der Waals surface area (Å²) in [5.74, 6) is -2.01. The summed E-state index contributed by atoms with van der Waals surface area (Å²) < 4.78 is 55.3. The van der Waals surface area contributed by atoms with Gasteiger partial charge in [-0.05, 0) is 43.7 Å². The molecule has 3 rings (SSSR count). The van der Waals surface area contributed by atoms with Gasteiger partial charge in [-0.25, -0.2) is 9.78 Å². The van der Waals surface area contributed by atoms with Gasteiger partial charge in [-0.1, -0.05) is 12.1 Å². The number of alkyl halides is 3. The summed E-state index contributed by atoms with van der Waals surface area (Å²) in [7, 11) is 0. The van der Waals surface area contributed by atoms with E-state index in [1.807, 2.05) is 6.07 Å². The second-order valence-electron chi connectivity index (χ2n) is 6.64. The number of rotatable bonds is 5. The Hall–Kier alpha value is -4.00. The molecule has 0 saturated carbocycles. The summed E-state index contributed by atoms with van der Waals surface area (Å²) >= 11 is 0. The van der Waals surface area contributed by atoms with Gasteiger partial charge in [-0.15, -0.1) is 0 Å². The van der Waals surface area contributed by atoms with Crippen LogP contribution in [-0.4, -0.2) is 17.6 Å². The molecule has 32 heavy (non-hydrogen) atoms. The van der Waals surface area contributed by atoms with Crippen LogP contribution in [0.3, 0.4) is 0 Å². The number of ether oxygens (including phenoxy) is 3. The van der Waals surface area contributed by atoms with Gasteiger partial charge in [0.05, 0.1) is 18.1 Å². The van der Waals surface area contributed by atoms with Gasteiger partial charge in [0.15, 0.2) is 0 Å². The third-order valence-corrected chi connectivity index (χ3v) is 4.61. The fourth-order valence-electron chi connectivity index (χ4n) is 3.22. The van der Waals surface area contributed by atoms with Gasteiger partial charge >= 0.3 is 12.1 Å². The Morgan fingerprint density at radius 1 is 1.28 bits per heavy atom. The van der Waals surface area contributed by atoms with Crippen molar-refractivity contribution in [3.05, 3.63) is 76.5 Å². The van der Waals surface area contributed by atoms with Crippen molar-refractivity contribution in [3.63, 3.8) is 0 Å². The van der Waals surface area contributed by atoms with Crippen molar-refractivity contribution in [3.8, 4) is 17.7 Å². The topological polar surface area (TPSA) is 107 Å². The quantitative estimate of drug-likeness (QED) is 0.674. The molecule has 1 unspecified atom stereocenters. The summed E-state index contributed by atoms with van der Waals surface area (Å²) in [5.41, 5.74) is 5.42. The number of hydrogen-bond donors (Lipinski definition) is 1. The third-order valence-electron chi connectivity index (χ3n) is 4.61.